The van der Waals surface area contributed by atoms with Crippen LogP contribution in [-0.2, 0) is 6.54 Å². The van der Waals surface area contributed by atoms with Crippen molar-refractivity contribution >= 4 is 16.8 Å². The van der Waals surface area contributed by atoms with E-state index < -0.39 is 5.60 Å². The number of hydrogen-bond donors (Lipinski definition) is 2. The molecule has 158 valence electrons. The van der Waals surface area contributed by atoms with Crippen molar-refractivity contribution in [3.63, 3.8) is 0 Å². The summed E-state index contributed by atoms with van der Waals surface area (Å²) >= 11 is 0. The average Bonchev–Trinajstić information content (AvgIpc) is 3.12. The van der Waals surface area contributed by atoms with E-state index in [2.05, 4.69) is 29.4 Å². The molecule has 2 N–H and O–H groups in total. The first-order valence-corrected chi connectivity index (χ1v) is 10.8. The van der Waals surface area contributed by atoms with Gasteiger partial charge >= 0.3 is 0 Å². The molecule has 30 heavy (non-hydrogen) atoms. The van der Waals surface area contributed by atoms with Crippen LogP contribution in [0.3, 0.4) is 0 Å². The van der Waals surface area contributed by atoms with Gasteiger partial charge in [0.05, 0.1) is 11.1 Å². The number of hydrogen-bond acceptors (Lipinski definition) is 4. The van der Waals surface area contributed by atoms with Crippen LogP contribution in [0, 0.1) is 5.92 Å². The molecule has 3 aromatic rings. The lowest BCUT2D eigenvalue weighted by Crippen LogP contribution is -2.42. The van der Waals surface area contributed by atoms with Crippen LogP contribution in [0.1, 0.15) is 56.9 Å². The molecule has 1 saturated carbocycles. The lowest BCUT2D eigenvalue weighted by molar-refractivity contribution is -0.00258. The van der Waals surface area contributed by atoms with Crippen molar-refractivity contribution in [1.82, 2.24) is 20.1 Å². The number of aliphatic hydroxyl groups is 1. The molecule has 1 aliphatic rings. The first-order chi connectivity index (χ1) is 14.4. The molecule has 1 amide bonds. The predicted octanol–water partition coefficient (Wildman–Crippen LogP) is 4.18. The molecule has 1 aliphatic carbocycles. The minimum Gasteiger partial charge on any atom is -0.390 e. The van der Waals surface area contributed by atoms with Gasteiger partial charge < -0.3 is 10.4 Å². The first kappa shape index (κ1) is 20.5. The highest BCUT2D eigenvalue weighted by atomic mass is 16.3. The highest BCUT2D eigenvalue weighted by Crippen LogP contribution is 2.32. The topological polar surface area (TPSA) is 80.0 Å². The van der Waals surface area contributed by atoms with Gasteiger partial charge in [0.15, 0.2) is 0 Å². The van der Waals surface area contributed by atoms with E-state index in [9.17, 15) is 9.90 Å². The molecule has 4 rings (SSSR count). The lowest BCUT2D eigenvalue weighted by Gasteiger charge is -2.36. The summed E-state index contributed by atoms with van der Waals surface area (Å²) in [6.45, 7) is 6.61. The number of nitrogens with one attached hydrogen (secondary N) is 1. The second kappa shape index (κ2) is 8.19. The highest BCUT2D eigenvalue weighted by molar-refractivity contribution is 5.95. The molecule has 0 atom stereocenters. The van der Waals surface area contributed by atoms with E-state index in [1.807, 2.05) is 36.7 Å². The van der Waals surface area contributed by atoms with E-state index in [1.54, 1.807) is 12.3 Å². The fourth-order valence-electron chi connectivity index (χ4n) is 4.45. The van der Waals surface area contributed by atoms with Gasteiger partial charge in [-0.25, -0.2) is 0 Å². The minimum atomic E-state index is -0.651. The Morgan fingerprint density at radius 2 is 1.90 bits per heavy atom. The number of benzene rings is 1. The maximum Gasteiger partial charge on any atom is 0.270 e. The molecule has 1 fully saturated rings. The van der Waals surface area contributed by atoms with Crippen molar-refractivity contribution in [3.8, 4) is 11.3 Å². The summed E-state index contributed by atoms with van der Waals surface area (Å²) < 4.78 is 1.98. The molecular formula is C24H30N4O2. The Bertz CT molecular complexity index is 1030. The predicted molar refractivity (Wildman–Crippen MR) is 118 cm³/mol. The maximum absolute atomic E-state index is 12.7. The molecule has 0 bridgehead atoms. The number of para-hydroxylation sites is 1. The van der Waals surface area contributed by atoms with Crippen molar-refractivity contribution in [2.75, 3.05) is 0 Å². The first-order valence-electron chi connectivity index (χ1n) is 10.8. The van der Waals surface area contributed by atoms with Crippen LogP contribution < -0.4 is 5.32 Å². The third-order valence-corrected chi connectivity index (χ3v) is 6.29. The van der Waals surface area contributed by atoms with Gasteiger partial charge in [-0.05, 0) is 70.6 Å². The Morgan fingerprint density at radius 1 is 1.17 bits per heavy atom. The number of amides is 1. The molecular weight excluding hydrogens is 376 g/mol. The van der Waals surface area contributed by atoms with Crippen LogP contribution in [0.25, 0.3) is 22.2 Å². The average molecular weight is 407 g/mol. The third kappa shape index (κ3) is 4.10. The second-order valence-electron chi connectivity index (χ2n) is 8.79. The number of carbonyl (C=O) groups excluding carboxylic acids is 1. The highest BCUT2D eigenvalue weighted by Gasteiger charge is 2.31. The molecule has 2 aromatic heterocycles. The fourth-order valence-corrected chi connectivity index (χ4v) is 4.45. The van der Waals surface area contributed by atoms with Gasteiger partial charge in [0, 0.05) is 29.7 Å². The van der Waals surface area contributed by atoms with Crippen LogP contribution in [0.4, 0.5) is 0 Å². The summed E-state index contributed by atoms with van der Waals surface area (Å²) in [5.41, 5.74) is 2.65. The Hall–Kier alpha value is -2.73. The monoisotopic (exact) mass is 406 g/mol. The van der Waals surface area contributed by atoms with Crippen LogP contribution in [0.5, 0.6) is 0 Å². The number of nitrogens with zero attached hydrogens (tertiary/aromatic N) is 3. The zero-order chi connectivity index (χ0) is 21.3. The van der Waals surface area contributed by atoms with Gasteiger partial charge in [-0.15, -0.1) is 0 Å². The Morgan fingerprint density at radius 3 is 2.53 bits per heavy atom. The normalized spacial score (nSPS) is 19.7. The molecule has 6 heteroatoms. The molecule has 0 saturated heterocycles. The summed E-state index contributed by atoms with van der Waals surface area (Å²) in [4.78, 5) is 17.1. The summed E-state index contributed by atoms with van der Waals surface area (Å²) in [6, 6.07) is 12.0. The summed E-state index contributed by atoms with van der Waals surface area (Å²) in [5.74, 6) is 0.151. The number of aromatic nitrogens is 3. The zero-order valence-corrected chi connectivity index (χ0v) is 17.9. The molecule has 1 aromatic carbocycles. The van der Waals surface area contributed by atoms with E-state index in [0.29, 0.717) is 11.6 Å². The zero-order valence-electron chi connectivity index (χ0n) is 17.9. The van der Waals surface area contributed by atoms with Gasteiger partial charge in [-0.2, -0.15) is 5.10 Å². The lowest BCUT2D eigenvalue weighted by atomic mass is 9.77. The van der Waals surface area contributed by atoms with Gasteiger partial charge in [-0.3, -0.25) is 14.5 Å². The van der Waals surface area contributed by atoms with Crippen molar-refractivity contribution in [3.05, 3.63) is 48.3 Å². The number of aryl methyl sites for hydroxylation is 1. The largest absolute Gasteiger partial charge is 0.390 e. The van der Waals surface area contributed by atoms with Gasteiger partial charge in [0.2, 0.25) is 0 Å². The van der Waals surface area contributed by atoms with Gasteiger partial charge in [0.1, 0.15) is 11.4 Å². The van der Waals surface area contributed by atoms with Crippen LogP contribution in [-0.4, -0.2) is 37.4 Å². The Balaban J connectivity index is 1.45. The minimum absolute atomic E-state index is 0.141. The molecule has 2 heterocycles. The fraction of sp³-hybridized carbons (Fsp3) is 0.458. The maximum atomic E-state index is 12.7. The van der Waals surface area contributed by atoms with E-state index >= 15 is 0 Å². The second-order valence-corrected chi connectivity index (χ2v) is 8.79. The molecule has 0 radical (unpaired) electrons. The van der Waals surface area contributed by atoms with E-state index in [0.717, 1.165) is 54.4 Å². The van der Waals surface area contributed by atoms with Crippen molar-refractivity contribution in [2.45, 2.75) is 64.6 Å². The van der Waals surface area contributed by atoms with Crippen LogP contribution in [0.15, 0.2) is 42.6 Å². The summed E-state index contributed by atoms with van der Waals surface area (Å²) in [5, 5.41) is 19.1. The molecule has 0 unspecified atom stereocenters. The Kier molecular flexibility index (Phi) is 5.60. The Labute approximate surface area is 177 Å². The molecule has 6 nitrogen and oxygen atoms in total. The SMILES string of the molecule is CCn1nc(-c2ccc(C(=O)NC3CCC(C(C)(C)O)CC3)nc2)c2ccccc21. The third-order valence-electron chi connectivity index (χ3n) is 6.29. The number of fused-ring (bicyclic) bond motifs is 1. The summed E-state index contributed by atoms with van der Waals surface area (Å²) in [7, 11) is 0. The van der Waals surface area contributed by atoms with Crippen LogP contribution in [0.2, 0.25) is 0 Å². The quantitative estimate of drug-likeness (QED) is 0.666. The number of carbonyl (C=O) groups is 1. The number of rotatable bonds is 5. The smallest absolute Gasteiger partial charge is 0.270 e. The molecule has 0 spiro atoms. The van der Waals surface area contributed by atoms with E-state index in [4.69, 9.17) is 5.10 Å². The van der Waals surface area contributed by atoms with E-state index in [1.165, 1.54) is 0 Å². The number of pyridine rings is 1. The van der Waals surface area contributed by atoms with Gasteiger partial charge in [-0.1, -0.05) is 18.2 Å². The van der Waals surface area contributed by atoms with Crippen molar-refractivity contribution < 1.29 is 9.90 Å². The summed E-state index contributed by atoms with van der Waals surface area (Å²) in [6.07, 6.45) is 5.36. The van der Waals surface area contributed by atoms with Crippen molar-refractivity contribution in [2.24, 2.45) is 5.92 Å². The standard InChI is InChI=1S/C24H30N4O2/c1-4-28-21-8-6-5-7-19(21)22(27-28)16-9-14-20(25-15-16)23(29)26-18-12-10-17(11-13-18)24(2,3)30/h5-9,14-15,17-18,30H,4,10-13H2,1-3H3,(H,26,29). The van der Waals surface area contributed by atoms with Gasteiger partial charge in [0.25, 0.3) is 5.91 Å². The van der Waals surface area contributed by atoms with Crippen LogP contribution >= 0.6 is 0 Å². The van der Waals surface area contributed by atoms with E-state index in [-0.39, 0.29) is 11.9 Å². The van der Waals surface area contributed by atoms with Crippen molar-refractivity contribution in [1.29, 1.82) is 0 Å². The molecule has 0 aliphatic heterocycles.